The molecule has 1 rings (SSSR count). The van der Waals surface area contributed by atoms with Crippen LogP contribution in [0.25, 0.3) is 0 Å². The van der Waals surface area contributed by atoms with Crippen molar-refractivity contribution in [1.29, 1.82) is 0 Å². The summed E-state index contributed by atoms with van der Waals surface area (Å²) in [4.78, 5) is 2.14. The highest BCUT2D eigenvalue weighted by atomic mass is 16.5. The fraction of sp³-hybridized carbons (Fsp3) is 0.625. The van der Waals surface area contributed by atoms with Crippen LogP contribution in [0, 0.1) is 5.41 Å². The van der Waals surface area contributed by atoms with Crippen molar-refractivity contribution < 1.29 is 14.9 Å². The zero-order valence-corrected chi connectivity index (χ0v) is 13.5. The fourth-order valence-corrected chi connectivity index (χ4v) is 2.12. The number of hydrogen-bond donors (Lipinski definition) is 3. The topological polar surface area (TPSA) is 65.0 Å². The summed E-state index contributed by atoms with van der Waals surface area (Å²) in [5.74, 6) is 0.843. The molecule has 0 spiro atoms. The molecule has 0 aromatic heterocycles. The third-order valence-electron chi connectivity index (χ3n) is 3.75. The molecule has 1 aromatic rings. The van der Waals surface area contributed by atoms with Crippen LogP contribution in [0.5, 0.6) is 5.75 Å². The summed E-state index contributed by atoms with van der Waals surface area (Å²) >= 11 is 0. The van der Waals surface area contributed by atoms with E-state index in [1.165, 1.54) is 5.56 Å². The van der Waals surface area contributed by atoms with E-state index in [-0.39, 0.29) is 19.3 Å². The van der Waals surface area contributed by atoms with Crippen molar-refractivity contribution in [3.8, 4) is 5.75 Å². The monoisotopic (exact) mass is 296 g/mol. The van der Waals surface area contributed by atoms with Gasteiger partial charge in [0.15, 0.2) is 0 Å². The number of hydrogen-bond acceptors (Lipinski definition) is 5. The Kier molecular flexibility index (Phi) is 7.11. The van der Waals surface area contributed by atoms with Crippen molar-refractivity contribution in [2.75, 3.05) is 47.5 Å². The molecule has 0 fully saturated rings. The smallest absolute Gasteiger partial charge is 0.119 e. The maximum absolute atomic E-state index is 9.32. The molecule has 0 aliphatic carbocycles. The lowest BCUT2D eigenvalue weighted by molar-refractivity contribution is 0.0683. The van der Waals surface area contributed by atoms with Gasteiger partial charge >= 0.3 is 0 Å². The predicted molar refractivity (Wildman–Crippen MR) is 84.6 cm³/mol. The van der Waals surface area contributed by atoms with Gasteiger partial charge in [0.05, 0.1) is 20.3 Å². The molecule has 0 radical (unpaired) electrons. The number of benzene rings is 1. The van der Waals surface area contributed by atoms with Gasteiger partial charge in [0.2, 0.25) is 0 Å². The molecule has 0 aliphatic heterocycles. The van der Waals surface area contributed by atoms with Crippen LogP contribution in [0.15, 0.2) is 24.3 Å². The normalized spacial score (nSPS) is 13.5. The van der Waals surface area contributed by atoms with Crippen LogP contribution in [0.4, 0.5) is 0 Å². The first kappa shape index (κ1) is 17.9. The quantitative estimate of drug-likeness (QED) is 0.631. The van der Waals surface area contributed by atoms with Crippen LogP contribution >= 0.6 is 0 Å². The summed E-state index contributed by atoms with van der Waals surface area (Å²) in [5, 5.41) is 22.0. The first-order valence-corrected chi connectivity index (χ1v) is 7.18. The van der Waals surface area contributed by atoms with E-state index in [1.54, 1.807) is 7.11 Å². The van der Waals surface area contributed by atoms with Gasteiger partial charge < -0.3 is 25.2 Å². The van der Waals surface area contributed by atoms with Crippen molar-refractivity contribution in [3.63, 3.8) is 0 Å². The van der Waals surface area contributed by atoms with Crippen LogP contribution in [-0.4, -0.2) is 62.6 Å². The maximum atomic E-state index is 9.32. The Bertz CT molecular complexity index is 420. The van der Waals surface area contributed by atoms with Gasteiger partial charge in [0.1, 0.15) is 5.75 Å². The lowest BCUT2D eigenvalue weighted by atomic mass is 9.93. The second kappa shape index (κ2) is 8.34. The largest absolute Gasteiger partial charge is 0.497 e. The first-order chi connectivity index (χ1) is 9.95. The highest BCUT2D eigenvalue weighted by molar-refractivity contribution is 5.30. The first-order valence-electron chi connectivity index (χ1n) is 7.18. The summed E-state index contributed by atoms with van der Waals surface area (Å²) in [6, 6.07) is 8.21. The van der Waals surface area contributed by atoms with Gasteiger partial charge in [0, 0.05) is 24.5 Å². The minimum Gasteiger partial charge on any atom is -0.497 e. The van der Waals surface area contributed by atoms with E-state index in [2.05, 4.69) is 16.3 Å². The number of likely N-dealkylation sites (N-methyl/N-ethyl adjacent to an activating group) is 1. The molecule has 21 heavy (non-hydrogen) atoms. The van der Waals surface area contributed by atoms with E-state index in [4.69, 9.17) is 4.74 Å². The SMILES string of the molecule is COc1cccc(C(CNCC(C)(CO)CO)N(C)C)c1. The molecule has 3 N–H and O–H groups in total. The summed E-state index contributed by atoms with van der Waals surface area (Å²) in [5.41, 5.74) is 0.673. The zero-order chi connectivity index (χ0) is 15.9. The van der Waals surface area contributed by atoms with Crippen LogP contribution < -0.4 is 10.1 Å². The molecule has 120 valence electrons. The number of ether oxygens (including phenoxy) is 1. The van der Waals surface area contributed by atoms with Crippen LogP contribution in [0.3, 0.4) is 0 Å². The standard InChI is InChI=1S/C16H28N2O3/c1-16(11-19,12-20)10-17-9-15(18(2)3)13-6-5-7-14(8-13)21-4/h5-8,15,17,19-20H,9-12H2,1-4H3. The van der Waals surface area contributed by atoms with Gasteiger partial charge in [-0.1, -0.05) is 19.1 Å². The second-order valence-corrected chi connectivity index (χ2v) is 6.01. The summed E-state index contributed by atoms with van der Waals surface area (Å²) in [7, 11) is 5.72. The number of rotatable bonds is 9. The Morgan fingerprint density at radius 1 is 1.29 bits per heavy atom. The van der Waals surface area contributed by atoms with E-state index in [0.717, 1.165) is 12.3 Å². The molecule has 0 saturated carbocycles. The van der Waals surface area contributed by atoms with E-state index in [0.29, 0.717) is 6.54 Å². The van der Waals surface area contributed by atoms with E-state index in [9.17, 15) is 10.2 Å². The Morgan fingerprint density at radius 3 is 2.48 bits per heavy atom. The minimum atomic E-state index is -0.495. The molecule has 0 bridgehead atoms. The van der Waals surface area contributed by atoms with E-state index in [1.807, 2.05) is 39.2 Å². The fourth-order valence-electron chi connectivity index (χ4n) is 2.12. The Labute approximate surface area is 127 Å². The summed E-state index contributed by atoms with van der Waals surface area (Å²) in [6.45, 7) is 3.07. The van der Waals surface area contributed by atoms with Crippen LogP contribution in [0.2, 0.25) is 0 Å². The van der Waals surface area contributed by atoms with Crippen molar-refractivity contribution in [1.82, 2.24) is 10.2 Å². The van der Waals surface area contributed by atoms with Gasteiger partial charge in [-0.05, 0) is 31.8 Å². The molecule has 0 aliphatic rings. The number of methoxy groups -OCH3 is 1. The molecular weight excluding hydrogens is 268 g/mol. The van der Waals surface area contributed by atoms with Crippen molar-refractivity contribution in [2.45, 2.75) is 13.0 Å². The maximum Gasteiger partial charge on any atom is 0.119 e. The summed E-state index contributed by atoms with van der Waals surface area (Å²) in [6.07, 6.45) is 0. The predicted octanol–water partition coefficient (Wildman–Crippen LogP) is 0.878. The van der Waals surface area contributed by atoms with Gasteiger partial charge in [-0.3, -0.25) is 0 Å². The van der Waals surface area contributed by atoms with Gasteiger partial charge in [-0.15, -0.1) is 0 Å². The zero-order valence-electron chi connectivity index (χ0n) is 13.5. The van der Waals surface area contributed by atoms with Gasteiger partial charge in [-0.25, -0.2) is 0 Å². The van der Waals surface area contributed by atoms with Crippen molar-refractivity contribution in [2.24, 2.45) is 5.41 Å². The molecule has 5 nitrogen and oxygen atoms in total. The van der Waals surface area contributed by atoms with Crippen LogP contribution in [-0.2, 0) is 0 Å². The second-order valence-electron chi connectivity index (χ2n) is 6.01. The molecule has 0 saturated heterocycles. The highest BCUT2D eigenvalue weighted by Crippen LogP contribution is 2.22. The lowest BCUT2D eigenvalue weighted by Crippen LogP contribution is -2.41. The third-order valence-corrected chi connectivity index (χ3v) is 3.75. The van der Waals surface area contributed by atoms with Gasteiger partial charge in [-0.2, -0.15) is 0 Å². The number of nitrogens with one attached hydrogen (secondary N) is 1. The third kappa shape index (κ3) is 5.28. The molecule has 0 amide bonds. The Balaban J connectivity index is 2.70. The van der Waals surface area contributed by atoms with Crippen molar-refractivity contribution in [3.05, 3.63) is 29.8 Å². The number of aliphatic hydroxyl groups is 2. The van der Waals surface area contributed by atoms with Gasteiger partial charge in [0.25, 0.3) is 0 Å². The van der Waals surface area contributed by atoms with E-state index < -0.39 is 5.41 Å². The molecule has 1 unspecified atom stereocenters. The number of nitrogens with zero attached hydrogens (tertiary/aromatic N) is 1. The molecule has 0 heterocycles. The highest BCUT2D eigenvalue weighted by Gasteiger charge is 2.23. The lowest BCUT2D eigenvalue weighted by Gasteiger charge is -2.29. The minimum absolute atomic E-state index is 0.0394. The molecule has 1 atom stereocenters. The molecular formula is C16H28N2O3. The average Bonchev–Trinajstić information content (AvgIpc) is 2.51. The Hall–Kier alpha value is -1.14. The summed E-state index contributed by atoms with van der Waals surface area (Å²) < 4.78 is 5.27. The van der Waals surface area contributed by atoms with Crippen molar-refractivity contribution >= 4 is 0 Å². The molecule has 1 aromatic carbocycles. The molecule has 5 heteroatoms. The van der Waals surface area contributed by atoms with E-state index >= 15 is 0 Å². The average molecular weight is 296 g/mol. The number of aliphatic hydroxyl groups excluding tert-OH is 2. The Morgan fingerprint density at radius 2 is 1.95 bits per heavy atom. The van der Waals surface area contributed by atoms with Crippen LogP contribution in [0.1, 0.15) is 18.5 Å².